The predicted molar refractivity (Wildman–Crippen MR) is 36.9 cm³/mol. The molecule has 0 amide bonds. The topological polar surface area (TPSA) is 69.2 Å². The average Bonchev–Trinajstić information content (AvgIpc) is 2.53. The second kappa shape index (κ2) is 2.75. The molecule has 0 bridgehead atoms. The molecule has 3 atom stereocenters. The summed E-state index contributed by atoms with van der Waals surface area (Å²) >= 11 is 0. The summed E-state index contributed by atoms with van der Waals surface area (Å²) in [7, 11) is 0. The van der Waals surface area contributed by atoms with E-state index < -0.39 is 0 Å². The molecule has 5 heteroatoms. The van der Waals surface area contributed by atoms with Crippen molar-refractivity contribution in [2.75, 3.05) is 13.2 Å². The molecule has 0 aromatic carbocycles. The van der Waals surface area contributed by atoms with Crippen LogP contribution >= 0.6 is 0 Å². The van der Waals surface area contributed by atoms with Crippen molar-refractivity contribution in [3.63, 3.8) is 0 Å². The zero-order valence-corrected chi connectivity index (χ0v) is 6.14. The van der Waals surface area contributed by atoms with Gasteiger partial charge in [0.15, 0.2) is 0 Å². The van der Waals surface area contributed by atoms with E-state index in [0.29, 0.717) is 6.61 Å². The minimum Gasteiger partial charge on any atom is -0.373 e. The van der Waals surface area contributed by atoms with Crippen LogP contribution in [0.5, 0.6) is 0 Å². The zero-order valence-electron chi connectivity index (χ0n) is 6.14. The number of fused-ring (bicyclic) bond motifs is 1. The monoisotopic (exact) mass is 157 g/mol. The van der Waals surface area contributed by atoms with Gasteiger partial charge in [-0.2, -0.15) is 5.11 Å². The Kier molecular flexibility index (Phi) is 1.75. The minimum atomic E-state index is 0.0208. The van der Waals surface area contributed by atoms with Crippen molar-refractivity contribution in [3.05, 3.63) is 0 Å². The van der Waals surface area contributed by atoms with Gasteiger partial charge in [-0.3, -0.25) is 0 Å². The van der Waals surface area contributed by atoms with Crippen molar-refractivity contribution in [1.29, 1.82) is 0 Å². The van der Waals surface area contributed by atoms with Crippen LogP contribution in [0.2, 0.25) is 0 Å². The highest BCUT2D eigenvalue weighted by atomic mass is 16.6. The van der Waals surface area contributed by atoms with Gasteiger partial charge in [0, 0.05) is 6.61 Å². The summed E-state index contributed by atoms with van der Waals surface area (Å²) < 4.78 is 10.8. The van der Waals surface area contributed by atoms with Crippen LogP contribution in [-0.4, -0.2) is 31.5 Å². The zero-order chi connectivity index (χ0) is 7.68. The van der Waals surface area contributed by atoms with Gasteiger partial charge >= 0.3 is 0 Å². The lowest BCUT2D eigenvalue weighted by atomic mass is 10.1. The number of ether oxygens (including phenoxy) is 2. The highest BCUT2D eigenvalue weighted by Crippen LogP contribution is 2.28. The van der Waals surface area contributed by atoms with E-state index in [-0.39, 0.29) is 18.2 Å². The third kappa shape index (κ3) is 1.10. The fourth-order valence-electron chi connectivity index (χ4n) is 1.63. The van der Waals surface area contributed by atoms with Gasteiger partial charge in [0.05, 0.1) is 12.7 Å². The largest absolute Gasteiger partial charge is 0.373 e. The van der Waals surface area contributed by atoms with E-state index in [1.54, 1.807) is 0 Å². The van der Waals surface area contributed by atoms with Crippen LogP contribution in [0.4, 0.5) is 0 Å². The summed E-state index contributed by atoms with van der Waals surface area (Å²) in [5.41, 5.74) is 0. The summed E-state index contributed by atoms with van der Waals surface area (Å²) in [5.74, 6) is 4.94. The van der Waals surface area contributed by atoms with Crippen molar-refractivity contribution in [1.82, 2.24) is 0 Å². The van der Waals surface area contributed by atoms with Crippen molar-refractivity contribution in [2.45, 2.75) is 24.7 Å². The molecule has 0 saturated carbocycles. The lowest BCUT2D eigenvalue weighted by molar-refractivity contribution is 0.0706. The van der Waals surface area contributed by atoms with Crippen molar-refractivity contribution < 1.29 is 9.47 Å². The Hall–Kier alpha value is -0.680. The van der Waals surface area contributed by atoms with Crippen LogP contribution in [0.15, 0.2) is 10.3 Å². The number of hydrogen-bond acceptors (Lipinski definition) is 4. The molecule has 11 heavy (non-hydrogen) atoms. The molecule has 0 radical (unpaired) electrons. The maximum Gasteiger partial charge on any atom is 0.125 e. The highest BCUT2D eigenvalue weighted by molar-refractivity contribution is 4.92. The predicted octanol–water partition coefficient (Wildman–Crippen LogP) is -0.131. The van der Waals surface area contributed by atoms with Crippen LogP contribution in [0.25, 0.3) is 0 Å². The van der Waals surface area contributed by atoms with Gasteiger partial charge in [-0.1, -0.05) is 5.22 Å². The van der Waals surface area contributed by atoms with Crippen molar-refractivity contribution in [3.8, 4) is 0 Å². The minimum absolute atomic E-state index is 0.0208. The molecule has 0 aromatic rings. The Morgan fingerprint density at radius 3 is 3.09 bits per heavy atom. The first kappa shape index (κ1) is 7.00. The molecule has 2 unspecified atom stereocenters. The maximum absolute atomic E-state index is 5.41. The standard InChI is InChI=1S/C6H11N3O2/c7-9-8-4-3-11-5-1-2-10-6(4)5/h4-6H,1-3H2,(H2,7,8)/t4-,5?,6?/m0/s1. The van der Waals surface area contributed by atoms with Crippen molar-refractivity contribution in [2.24, 2.45) is 16.2 Å². The lowest BCUT2D eigenvalue weighted by Crippen LogP contribution is -2.25. The highest BCUT2D eigenvalue weighted by Gasteiger charge is 2.42. The number of rotatable bonds is 1. The van der Waals surface area contributed by atoms with Crippen molar-refractivity contribution >= 4 is 0 Å². The third-order valence-corrected chi connectivity index (χ3v) is 2.15. The van der Waals surface area contributed by atoms with Gasteiger partial charge in [0.1, 0.15) is 12.1 Å². The molecule has 5 nitrogen and oxygen atoms in total. The molecule has 2 N–H and O–H groups in total. The first-order valence-corrected chi connectivity index (χ1v) is 3.75. The van der Waals surface area contributed by atoms with E-state index in [4.69, 9.17) is 15.3 Å². The SMILES string of the molecule is NN=N[C@H]1COC2CCOC21. The Labute approximate surface area is 64.5 Å². The van der Waals surface area contributed by atoms with Gasteiger partial charge in [-0.15, -0.1) is 0 Å². The van der Waals surface area contributed by atoms with E-state index in [0.717, 1.165) is 13.0 Å². The fraction of sp³-hybridized carbons (Fsp3) is 1.00. The molecule has 2 saturated heterocycles. The summed E-state index contributed by atoms with van der Waals surface area (Å²) in [4.78, 5) is 0. The van der Waals surface area contributed by atoms with Gasteiger partial charge < -0.3 is 15.3 Å². The molecule has 2 heterocycles. The first-order chi connectivity index (χ1) is 5.42. The Balaban J connectivity index is 2.03. The van der Waals surface area contributed by atoms with E-state index in [1.165, 1.54) is 0 Å². The Morgan fingerprint density at radius 1 is 1.36 bits per heavy atom. The second-order valence-electron chi connectivity index (χ2n) is 2.79. The Bertz CT molecular complexity index is 173. The molecule has 2 rings (SSSR count). The molecule has 0 aromatic heterocycles. The first-order valence-electron chi connectivity index (χ1n) is 3.75. The molecule has 62 valence electrons. The normalized spacial score (nSPS) is 43.5. The van der Waals surface area contributed by atoms with Crippen LogP contribution in [-0.2, 0) is 9.47 Å². The van der Waals surface area contributed by atoms with Crippen LogP contribution in [0.1, 0.15) is 6.42 Å². The third-order valence-electron chi connectivity index (χ3n) is 2.15. The number of nitrogens with zero attached hydrogens (tertiary/aromatic N) is 2. The smallest absolute Gasteiger partial charge is 0.125 e. The quantitative estimate of drug-likeness (QED) is 0.327. The average molecular weight is 157 g/mol. The van der Waals surface area contributed by atoms with E-state index >= 15 is 0 Å². The van der Waals surface area contributed by atoms with Crippen LogP contribution in [0, 0.1) is 0 Å². The summed E-state index contributed by atoms with van der Waals surface area (Å²) in [6.45, 7) is 1.36. The molecule has 2 aliphatic heterocycles. The molecule has 2 aliphatic rings. The number of nitrogens with two attached hydrogens (primary N) is 1. The summed E-state index contributed by atoms with van der Waals surface area (Å²) in [5, 5.41) is 7.06. The Morgan fingerprint density at radius 2 is 2.27 bits per heavy atom. The van der Waals surface area contributed by atoms with Crippen LogP contribution in [0.3, 0.4) is 0 Å². The van der Waals surface area contributed by atoms with E-state index in [9.17, 15) is 0 Å². The van der Waals surface area contributed by atoms with Gasteiger partial charge in [0.2, 0.25) is 0 Å². The maximum atomic E-state index is 5.41. The molecular formula is C6H11N3O2. The van der Waals surface area contributed by atoms with Crippen LogP contribution < -0.4 is 5.84 Å². The molecular weight excluding hydrogens is 146 g/mol. The summed E-state index contributed by atoms with van der Waals surface area (Å²) in [6.07, 6.45) is 1.30. The van der Waals surface area contributed by atoms with Gasteiger partial charge in [-0.05, 0) is 6.42 Å². The molecule has 0 spiro atoms. The number of hydrogen-bond donors (Lipinski definition) is 1. The second-order valence-corrected chi connectivity index (χ2v) is 2.79. The van der Waals surface area contributed by atoms with Gasteiger partial charge in [0.25, 0.3) is 0 Å². The summed E-state index contributed by atoms with van der Waals surface area (Å²) in [6, 6.07) is 0.0208. The fourth-order valence-corrected chi connectivity index (χ4v) is 1.63. The lowest BCUT2D eigenvalue weighted by Gasteiger charge is -2.08. The molecule has 2 fully saturated rings. The van der Waals surface area contributed by atoms with Gasteiger partial charge in [-0.25, -0.2) is 0 Å². The molecule has 0 aliphatic carbocycles. The van der Waals surface area contributed by atoms with E-state index in [1.807, 2.05) is 0 Å². The van der Waals surface area contributed by atoms with E-state index in [2.05, 4.69) is 10.3 Å².